The number of aromatic amines is 1. The first-order valence-corrected chi connectivity index (χ1v) is 3.61. The van der Waals surface area contributed by atoms with E-state index in [2.05, 4.69) is 4.98 Å². The molecule has 12 heavy (non-hydrogen) atoms. The maximum Gasteiger partial charge on any atom is 0.292 e. The monoisotopic (exact) mass is 168 g/mol. The third kappa shape index (κ3) is 1.15. The molecule has 1 aromatic rings. The van der Waals surface area contributed by atoms with Gasteiger partial charge in [-0.3, -0.25) is 4.79 Å². The van der Waals surface area contributed by atoms with Crippen molar-refractivity contribution in [1.29, 1.82) is 0 Å². The van der Waals surface area contributed by atoms with Gasteiger partial charge < -0.3 is 15.5 Å². The van der Waals surface area contributed by atoms with Gasteiger partial charge in [0.15, 0.2) is 0 Å². The van der Waals surface area contributed by atoms with Crippen LogP contribution < -0.4 is 16.0 Å². The van der Waals surface area contributed by atoms with Crippen LogP contribution in [0.2, 0.25) is 0 Å². The Kier molecular flexibility index (Phi) is 2.08. The average Bonchev–Trinajstić information content (AvgIpc) is 2.01. The van der Waals surface area contributed by atoms with Crippen LogP contribution in [0.25, 0.3) is 0 Å². The lowest BCUT2D eigenvalue weighted by molar-refractivity contribution is 0.410. The van der Waals surface area contributed by atoms with Gasteiger partial charge in [-0.05, 0) is 19.4 Å². The lowest BCUT2D eigenvalue weighted by atomic mass is 10.2. The Labute approximate surface area is 70.4 Å². The molecule has 0 unspecified atom stereocenters. The quantitative estimate of drug-likeness (QED) is 0.644. The van der Waals surface area contributed by atoms with Gasteiger partial charge in [0.05, 0.1) is 12.8 Å². The molecular weight excluding hydrogens is 156 g/mol. The number of nitrogens with two attached hydrogens (primary N) is 1. The first kappa shape index (κ1) is 8.64. The molecule has 1 rings (SSSR count). The Hall–Kier alpha value is -1.45. The van der Waals surface area contributed by atoms with E-state index in [0.29, 0.717) is 5.69 Å². The van der Waals surface area contributed by atoms with Crippen LogP contribution in [-0.2, 0) is 0 Å². The summed E-state index contributed by atoms with van der Waals surface area (Å²) < 4.78 is 4.84. The van der Waals surface area contributed by atoms with Crippen LogP contribution in [0.1, 0.15) is 11.3 Å². The average molecular weight is 168 g/mol. The van der Waals surface area contributed by atoms with Gasteiger partial charge in [-0.15, -0.1) is 0 Å². The second-order valence-corrected chi connectivity index (χ2v) is 2.65. The number of hydrogen-bond acceptors (Lipinski definition) is 3. The van der Waals surface area contributed by atoms with Crippen molar-refractivity contribution >= 4 is 5.69 Å². The number of hydrogen-bond donors (Lipinski definition) is 2. The first-order chi connectivity index (χ1) is 5.57. The number of nitrogens with one attached hydrogen (secondary N) is 1. The third-order valence-electron chi connectivity index (χ3n) is 1.92. The van der Waals surface area contributed by atoms with E-state index < -0.39 is 0 Å². The standard InChI is InChI=1S/C8H12N2O2/c1-4-5(2)10-8(11)7(12-3)6(4)9/h1-3H3,(H3,9,10,11). The number of anilines is 1. The van der Waals surface area contributed by atoms with Gasteiger partial charge in [-0.1, -0.05) is 0 Å². The topological polar surface area (TPSA) is 68.1 Å². The van der Waals surface area contributed by atoms with Crippen molar-refractivity contribution in [3.8, 4) is 5.75 Å². The van der Waals surface area contributed by atoms with Gasteiger partial charge in [-0.2, -0.15) is 0 Å². The molecule has 0 saturated carbocycles. The molecule has 0 fully saturated rings. The summed E-state index contributed by atoms with van der Waals surface area (Å²) in [6.07, 6.45) is 0. The van der Waals surface area contributed by atoms with Crippen molar-refractivity contribution in [2.75, 3.05) is 12.8 Å². The molecule has 66 valence electrons. The first-order valence-electron chi connectivity index (χ1n) is 3.61. The molecule has 0 radical (unpaired) electrons. The van der Waals surface area contributed by atoms with Crippen LogP contribution in [0.15, 0.2) is 4.79 Å². The fourth-order valence-electron chi connectivity index (χ4n) is 1.02. The maximum absolute atomic E-state index is 11.2. The molecule has 1 aromatic heterocycles. The van der Waals surface area contributed by atoms with E-state index in [0.717, 1.165) is 11.3 Å². The van der Waals surface area contributed by atoms with E-state index in [-0.39, 0.29) is 11.3 Å². The van der Waals surface area contributed by atoms with E-state index in [4.69, 9.17) is 10.5 Å². The lowest BCUT2D eigenvalue weighted by Gasteiger charge is -2.07. The molecule has 0 atom stereocenters. The van der Waals surface area contributed by atoms with Gasteiger partial charge in [0.2, 0.25) is 5.75 Å². The minimum atomic E-state index is -0.280. The van der Waals surface area contributed by atoms with Crippen LogP contribution in [0.5, 0.6) is 5.75 Å². The summed E-state index contributed by atoms with van der Waals surface area (Å²) in [5.74, 6) is 0.193. The van der Waals surface area contributed by atoms with Gasteiger partial charge in [0.25, 0.3) is 5.56 Å². The Morgan fingerprint density at radius 3 is 2.50 bits per heavy atom. The summed E-state index contributed by atoms with van der Waals surface area (Å²) >= 11 is 0. The summed E-state index contributed by atoms with van der Waals surface area (Å²) in [4.78, 5) is 13.8. The van der Waals surface area contributed by atoms with Crippen molar-refractivity contribution in [1.82, 2.24) is 4.98 Å². The maximum atomic E-state index is 11.2. The van der Waals surface area contributed by atoms with Crippen molar-refractivity contribution < 1.29 is 4.74 Å². The zero-order valence-electron chi connectivity index (χ0n) is 7.39. The van der Waals surface area contributed by atoms with Crippen LogP contribution in [0.4, 0.5) is 5.69 Å². The van der Waals surface area contributed by atoms with Crippen molar-refractivity contribution in [3.63, 3.8) is 0 Å². The highest BCUT2D eigenvalue weighted by molar-refractivity contribution is 5.57. The molecular formula is C8H12N2O2. The van der Waals surface area contributed by atoms with Crippen LogP contribution in [0, 0.1) is 13.8 Å². The zero-order valence-corrected chi connectivity index (χ0v) is 7.39. The Bertz CT molecular complexity index is 355. The molecule has 0 amide bonds. The van der Waals surface area contributed by atoms with E-state index in [1.165, 1.54) is 7.11 Å². The number of ether oxygens (including phenoxy) is 1. The highest BCUT2D eigenvalue weighted by atomic mass is 16.5. The fourth-order valence-corrected chi connectivity index (χ4v) is 1.02. The number of aryl methyl sites for hydroxylation is 1. The predicted octanol–water partition coefficient (Wildman–Crippen LogP) is 0.583. The lowest BCUT2D eigenvalue weighted by Crippen LogP contribution is -2.14. The van der Waals surface area contributed by atoms with Gasteiger partial charge in [-0.25, -0.2) is 0 Å². The van der Waals surface area contributed by atoms with Crippen molar-refractivity contribution in [3.05, 3.63) is 21.6 Å². The predicted molar refractivity (Wildman–Crippen MR) is 47.5 cm³/mol. The second kappa shape index (κ2) is 2.89. The van der Waals surface area contributed by atoms with E-state index in [9.17, 15) is 4.79 Å². The highest BCUT2D eigenvalue weighted by Crippen LogP contribution is 2.20. The van der Waals surface area contributed by atoms with Crippen LogP contribution in [0.3, 0.4) is 0 Å². The Balaban J connectivity index is 3.52. The molecule has 0 aliphatic carbocycles. The number of aromatic nitrogens is 1. The molecule has 4 nitrogen and oxygen atoms in total. The molecule has 3 N–H and O–H groups in total. The summed E-state index contributed by atoms with van der Waals surface area (Å²) in [7, 11) is 1.43. The number of pyridine rings is 1. The summed E-state index contributed by atoms with van der Waals surface area (Å²) in [5.41, 5.74) is 7.42. The van der Waals surface area contributed by atoms with E-state index in [1.54, 1.807) is 6.92 Å². The number of rotatable bonds is 1. The highest BCUT2D eigenvalue weighted by Gasteiger charge is 2.09. The van der Waals surface area contributed by atoms with Gasteiger partial charge in [0, 0.05) is 5.69 Å². The molecule has 0 spiro atoms. The minimum Gasteiger partial charge on any atom is -0.490 e. The smallest absolute Gasteiger partial charge is 0.292 e. The van der Waals surface area contributed by atoms with Crippen LogP contribution >= 0.6 is 0 Å². The van der Waals surface area contributed by atoms with E-state index >= 15 is 0 Å². The number of methoxy groups -OCH3 is 1. The molecule has 0 aromatic carbocycles. The zero-order chi connectivity index (χ0) is 9.30. The molecule has 0 saturated heterocycles. The summed E-state index contributed by atoms with van der Waals surface area (Å²) in [6.45, 7) is 3.63. The second-order valence-electron chi connectivity index (χ2n) is 2.65. The Morgan fingerprint density at radius 1 is 1.42 bits per heavy atom. The molecule has 0 aliphatic rings. The van der Waals surface area contributed by atoms with Gasteiger partial charge >= 0.3 is 0 Å². The van der Waals surface area contributed by atoms with Crippen molar-refractivity contribution in [2.45, 2.75) is 13.8 Å². The largest absolute Gasteiger partial charge is 0.490 e. The Morgan fingerprint density at radius 2 is 2.00 bits per heavy atom. The van der Waals surface area contributed by atoms with Gasteiger partial charge in [0.1, 0.15) is 0 Å². The SMILES string of the molecule is COc1c(N)c(C)c(C)[nH]c1=O. The minimum absolute atomic E-state index is 0.193. The normalized spacial score (nSPS) is 9.92. The van der Waals surface area contributed by atoms with Crippen LogP contribution in [-0.4, -0.2) is 12.1 Å². The molecule has 1 heterocycles. The molecule has 4 heteroatoms. The third-order valence-corrected chi connectivity index (χ3v) is 1.92. The number of nitrogen functional groups attached to an aromatic ring is 1. The summed E-state index contributed by atoms with van der Waals surface area (Å²) in [5, 5.41) is 0. The van der Waals surface area contributed by atoms with E-state index in [1.807, 2.05) is 6.92 Å². The molecule has 0 aliphatic heterocycles. The number of H-pyrrole nitrogens is 1. The summed E-state index contributed by atoms with van der Waals surface area (Å²) in [6, 6.07) is 0. The van der Waals surface area contributed by atoms with Crippen molar-refractivity contribution in [2.24, 2.45) is 0 Å². The fraction of sp³-hybridized carbons (Fsp3) is 0.375. The molecule has 0 bridgehead atoms.